The molecule has 0 radical (unpaired) electrons. The van der Waals surface area contributed by atoms with Crippen LogP contribution in [0.5, 0.6) is 11.6 Å². The summed E-state index contributed by atoms with van der Waals surface area (Å²) in [7, 11) is 0. The van der Waals surface area contributed by atoms with Crippen LogP contribution in [0, 0.1) is 122 Å². The van der Waals surface area contributed by atoms with E-state index in [0.717, 1.165) is 0 Å². The van der Waals surface area contributed by atoms with E-state index in [1.165, 1.54) is 18.3 Å². The zero-order valence-corrected chi connectivity index (χ0v) is 32.4. The SMILES string of the molecule is Fc1c(F)c(F)c([B-](c2c(F)c(F)c(F)c(F)c2F)(c2c(F)c(F)c(F)c(F)c2F)c2c(F)c(F)c(F)c(F)c2F)c(F)c1F.O=C(C[n+]1ccnc(Oc2ccccc2F)c1)c1ccccc1. The van der Waals surface area contributed by atoms with Crippen LogP contribution in [0.25, 0.3) is 0 Å². The number of benzene rings is 6. The van der Waals surface area contributed by atoms with Crippen molar-refractivity contribution >= 4 is 33.8 Å². The molecule has 0 bridgehead atoms. The molecule has 1 heterocycles. The maximum atomic E-state index is 15.4. The van der Waals surface area contributed by atoms with Crippen LogP contribution in [0.1, 0.15) is 10.4 Å². The first-order valence-electron chi connectivity index (χ1n) is 18.0. The van der Waals surface area contributed by atoms with E-state index >= 15 is 35.1 Å². The summed E-state index contributed by atoms with van der Waals surface area (Å²) in [5.41, 5.74) is -13.7. The van der Waals surface area contributed by atoms with E-state index in [4.69, 9.17) is 4.74 Å². The van der Waals surface area contributed by atoms with Crippen molar-refractivity contribution in [1.29, 1.82) is 0 Å². The van der Waals surface area contributed by atoms with Gasteiger partial charge < -0.3 is 4.74 Å². The Kier molecular flexibility index (Phi) is 13.9. The van der Waals surface area contributed by atoms with Crippen LogP contribution in [0.4, 0.5) is 92.2 Å². The molecule has 0 aliphatic heterocycles. The van der Waals surface area contributed by atoms with E-state index in [9.17, 15) is 61.9 Å². The molecule has 26 heteroatoms. The minimum Gasteiger partial charge on any atom is -0.431 e. The first-order chi connectivity index (χ1) is 31.9. The van der Waals surface area contributed by atoms with Crippen LogP contribution in [-0.2, 0) is 6.54 Å². The maximum absolute atomic E-state index is 15.4. The number of ketones is 1. The third-order valence-corrected chi connectivity index (χ3v) is 9.92. The van der Waals surface area contributed by atoms with Crippen molar-refractivity contribution in [3.05, 3.63) is 201 Å². The van der Waals surface area contributed by atoms with E-state index < -0.39 is 150 Å². The van der Waals surface area contributed by atoms with Crippen molar-refractivity contribution in [3.63, 3.8) is 0 Å². The van der Waals surface area contributed by atoms with E-state index in [0.29, 0.717) is 5.56 Å². The Morgan fingerprint density at radius 3 is 1.07 bits per heavy atom. The van der Waals surface area contributed by atoms with Crippen molar-refractivity contribution in [2.45, 2.75) is 6.54 Å². The average molecular weight is 988 g/mol. The molecular weight excluding hydrogens is 974 g/mol. The number of carbonyl (C=O) groups is 1. The second-order valence-corrected chi connectivity index (χ2v) is 13.7. The molecule has 0 unspecified atom stereocenters. The number of halogens is 21. The van der Waals surface area contributed by atoms with Gasteiger partial charge in [-0.3, -0.25) is 4.79 Å². The van der Waals surface area contributed by atoms with Gasteiger partial charge >= 0.3 is 0 Å². The summed E-state index contributed by atoms with van der Waals surface area (Å²) in [6.07, 6.45) is -2.48. The first-order valence-corrected chi connectivity index (χ1v) is 18.0. The summed E-state index contributed by atoms with van der Waals surface area (Å²) in [6, 6.07) is 15.1. The lowest BCUT2D eigenvalue weighted by Gasteiger charge is -2.44. The largest absolute Gasteiger partial charge is 0.431 e. The molecule has 354 valence electrons. The third-order valence-electron chi connectivity index (χ3n) is 9.92. The number of hydrogen-bond acceptors (Lipinski definition) is 3. The fourth-order valence-corrected chi connectivity index (χ4v) is 6.96. The molecule has 0 fully saturated rings. The summed E-state index contributed by atoms with van der Waals surface area (Å²) in [6.45, 7) is 0.153. The summed E-state index contributed by atoms with van der Waals surface area (Å²) in [5, 5.41) is 0. The molecule has 0 aliphatic carbocycles. The summed E-state index contributed by atoms with van der Waals surface area (Å²) in [5.74, 6) is -71.6. The average Bonchev–Trinajstić information content (AvgIpc) is 3.32. The van der Waals surface area contributed by atoms with Crippen molar-refractivity contribution in [2.24, 2.45) is 0 Å². The van der Waals surface area contributed by atoms with Crippen LogP contribution in [-0.4, -0.2) is 16.9 Å². The maximum Gasteiger partial charge on any atom is 0.285 e. The number of carbonyl (C=O) groups excluding carboxylic acids is 1. The monoisotopic (exact) mass is 988 g/mol. The number of hydrogen-bond donors (Lipinski definition) is 0. The minimum atomic E-state index is -7.22. The Labute approximate surface area is 364 Å². The van der Waals surface area contributed by atoms with Crippen LogP contribution >= 0.6 is 0 Å². The smallest absolute Gasteiger partial charge is 0.285 e. The normalized spacial score (nSPS) is 11.4. The molecule has 0 N–H and O–H groups in total. The highest BCUT2D eigenvalue weighted by molar-refractivity contribution is 7.20. The number of ether oxygens (including phenoxy) is 1. The van der Waals surface area contributed by atoms with Crippen molar-refractivity contribution in [3.8, 4) is 11.6 Å². The second kappa shape index (κ2) is 19.0. The third kappa shape index (κ3) is 8.20. The van der Waals surface area contributed by atoms with Crippen LogP contribution in [0.3, 0.4) is 0 Å². The zero-order chi connectivity index (χ0) is 50.4. The van der Waals surface area contributed by atoms with Gasteiger partial charge in [-0.2, -0.15) is 4.57 Å². The molecule has 0 saturated heterocycles. The van der Waals surface area contributed by atoms with Gasteiger partial charge in [0, 0.05) is 5.56 Å². The fraction of sp³-hybridized carbons (Fsp3) is 0.0238. The predicted octanol–water partition coefficient (Wildman–Crippen LogP) is 9.03. The summed E-state index contributed by atoms with van der Waals surface area (Å²) < 4.78 is 315. The van der Waals surface area contributed by atoms with E-state index in [1.807, 2.05) is 18.2 Å². The van der Waals surface area contributed by atoms with Gasteiger partial charge in [0.05, 0.1) is 6.20 Å². The summed E-state index contributed by atoms with van der Waals surface area (Å²) >= 11 is 0. The van der Waals surface area contributed by atoms with Gasteiger partial charge in [0.2, 0.25) is 18.5 Å². The Morgan fingerprint density at radius 1 is 0.426 bits per heavy atom. The molecular formula is C42H14BF21N2O2. The fourth-order valence-electron chi connectivity index (χ4n) is 6.96. The lowest BCUT2D eigenvalue weighted by Crippen LogP contribution is -2.81. The topological polar surface area (TPSA) is 43.1 Å². The number of aromatic nitrogens is 2. The molecule has 0 atom stereocenters. The molecule has 7 rings (SSSR count). The van der Waals surface area contributed by atoms with Gasteiger partial charge in [-0.05, 0) is 12.1 Å². The Hall–Kier alpha value is -7.54. The minimum absolute atomic E-state index is 0.0290. The summed E-state index contributed by atoms with van der Waals surface area (Å²) in [4.78, 5) is 16.2. The van der Waals surface area contributed by atoms with Gasteiger partial charge in [0.1, 0.15) is 52.7 Å². The molecule has 68 heavy (non-hydrogen) atoms. The van der Waals surface area contributed by atoms with Crippen LogP contribution in [0.15, 0.2) is 73.2 Å². The molecule has 0 saturated carbocycles. The predicted molar refractivity (Wildman–Crippen MR) is 191 cm³/mol. The molecule has 7 aromatic rings. The number of Topliss-reactive ketones (excluding diaryl/α,β-unsaturated/α-hetero) is 1. The number of nitrogens with zero attached hydrogens (tertiary/aromatic N) is 2. The number of rotatable bonds is 9. The Balaban J connectivity index is 0.000000276. The lowest BCUT2D eigenvalue weighted by atomic mass is 9.12. The Bertz CT molecular complexity index is 2790. The highest BCUT2D eigenvalue weighted by Gasteiger charge is 2.52. The number of para-hydroxylation sites is 1. The molecule has 0 spiro atoms. The molecule has 4 nitrogen and oxygen atoms in total. The van der Waals surface area contributed by atoms with E-state index in [-0.39, 0.29) is 24.0 Å². The lowest BCUT2D eigenvalue weighted by molar-refractivity contribution is -0.683. The highest BCUT2D eigenvalue weighted by atomic mass is 19.2. The first kappa shape index (κ1) is 49.9. The molecule has 6 aromatic carbocycles. The van der Waals surface area contributed by atoms with Gasteiger partial charge in [0.15, 0.2) is 87.6 Å². The van der Waals surface area contributed by atoms with E-state index in [2.05, 4.69) is 4.98 Å². The quantitative estimate of drug-likeness (QED) is 0.0363. The molecule has 0 amide bonds. The van der Waals surface area contributed by atoms with Crippen LogP contribution in [0.2, 0.25) is 0 Å². The van der Waals surface area contributed by atoms with Gasteiger partial charge in [-0.15, -0.1) is 21.9 Å². The standard InChI is InChI=1S/C24BF20.C18H14FN2O2/c26-5-1(6(27)14(35)21(42)13(5)34)25(2-7(28)15(36)22(43)16(37)8(2)29,3-9(30)17(38)23(44)18(39)10(3)31)4-11(32)19(40)24(45)20(41)12(4)33;19-15-8-4-5-9-17(15)23-18-13-21(11-10-20-18)12-16(22)14-6-2-1-3-7-14/h;1-11,13H,12H2/q-1;+1. The van der Waals surface area contributed by atoms with Gasteiger partial charge in [-0.25, -0.2) is 97.2 Å². The van der Waals surface area contributed by atoms with E-state index in [1.54, 1.807) is 41.2 Å². The highest BCUT2D eigenvalue weighted by Crippen LogP contribution is 2.31. The van der Waals surface area contributed by atoms with Crippen molar-refractivity contribution in [2.75, 3.05) is 0 Å². The van der Waals surface area contributed by atoms with Gasteiger partial charge in [-0.1, -0.05) is 42.5 Å². The molecule has 1 aromatic heterocycles. The molecule has 0 aliphatic rings. The van der Waals surface area contributed by atoms with Crippen molar-refractivity contribution in [1.82, 2.24) is 4.98 Å². The van der Waals surface area contributed by atoms with Gasteiger partial charge in [0.25, 0.3) is 5.88 Å². The zero-order valence-electron chi connectivity index (χ0n) is 32.4. The van der Waals surface area contributed by atoms with Crippen LogP contribution < -0.4 is 31.2 Å². The van der Waals surface area contributed by atoms with Crippen molar-refractivity contribution < 1.29 is 106 Å². The Morgan fingerprint density at radius 2 is 0.735 bits per heavy atom. The second-order valence-electron chi connectivity index (χ2n) is 13.7.